The van der Waals surface area contributed by atoms with Crippen LogP contribution in [0.1, 0.15) is 87.2 Å². The number of sulfonamides is 1. The molecule has 0 fully saturated rings. The third-order valence-electron chi connectivity index (χ3n) is 5.94. The monoisotopic (exact) mass is 461 g/mol. The first kappa shape index (κ1) is 25.7. The van der Waals surface area contributed by atoms with Crippen LogP contribution in [0.25, 0.3) is 0 Å². The average Bonchev–Trinajstić information content (AvgIpc) is 2.67. The lowest BCUT2D eigenvalue weighted by Gasteiger charge is -2.32. The van der Waals surface area contributed by atoms with E-state index in [-0.39, 0.29) is 34.5 Å². The van der Waals surface area contributed by atoms with Gasteiger partial charge in [0.2, 0.25) is 0 Å². The topological polar surface area (TPSA) is 104 Å². The van der Waals surface area contributed by atoms with E-state index in [2.05, 4.69) is 6.58 Å². The number of carbonyl (C=O) groups excluding carboxylic acids is 1. The summed E-state index contributed by atoms with van der Waals surface area (Å²) >= 11 is 0. The van der Waals surface area contributed by atoms with E-state index in [1.807, 2.05) is 31.6 Å². The number of unbranched alkanes of at least 4 members (excludes halogenated alkanes) is 2. The molecule has 0 spiro atoms. The van der Waals surface area contributed by atoms with Gasteiger partial charge in [-0.2, -0.15) is 0 Å². The number of hydrogen-bond acceptors (Lipinski definition) is 5. The summed E-state index contributed by atoms with van der Waals surface area (Å²) in [6.07, 6.45) is 8.05. The van der Waals surface area contributed by atoms with Gasteiger partial charge in [0.15, 0.2) is 0 Å². The Labute approximate surface area is 191 Å². The van der Waals surface area contributed by atoms with Gasteiger partial charge in [0.25, 0.3) is 15.9 Å². The van der Waals surface area contributed by atoms with Crippen LogP contribution >= 0.6 is 0 Å². The summed E-state index contributed by atoms with van der Waals surface area (Å²) in [5.41, 5.74) is 2.61. The van der Waals surface area contributed by atoms with Gasteiger partial charge in [0, 0.05) is 16.9 Å². The Kier molecular flexibility index (Phi) is 8.73. The molecule has 2 unspecified atom stereocenters. The van der Waals surface area contributed by atoms with Gasteiger partial charge >= 0.3 is 0 Å². The molecular weight excluding hydrogens is 426 g/mol. The molecular formula is C25H35NO5S. The van der Waals surface area contributed by atoms with Crippen LogP contribution in [0, 0.1) is 5.92 Å². The van der Waals surface area contributed by atoms with Crippen molar-refractivity contribution >= 4 is 15.9 Å². The number of rotatable bonds is 9. The van der Waals surface area contributed by atoms with Crippen molar-refractivity contribution in [3.8, 4) is 11.5 Å². The molecule has 0 aromatic heterocycles. The summed E-state index contributed by atoms with van der Waals surface area (Å²) in [5.74, 6) is -1.73. The molecule has 1 aromatic rings. The van der Waals surface area contributed by atoms with E-state index in [1.165, 1.54) is 19.1 Å². The van der Waals surface area contributed by atoms with Crippen LogP contribution in [0.5, 0.6) is 11.5 Å². The van der Waals surface area contributed by atoms with Crippen LogP contribution in [0.15, 0.2) is 41.4 Å². The smallest absolute Gasteiger partial charge is 0.269 e. The first-order chi connectivity index (χ1) is 15.0. The van der Waals surface area contributed by atoms with E-state index in [9.17, 15) is 23.4 Å². The van der Waals surface area contributed by atoms with Crippen LogP contribution in [-0.4, -0.2) is 24.5 Å². The van der Waals surface area contributed by atoms with Crippen LogP contribution in [0.2, 0.25) is 0 Å². The highest BCUT2D eigenvalue weighted by Gasteiger charge is 2.33. The highest BCUT2D eigenvalue weighted by molar-refractivity contribution is 7.92. The molecule has 0 bridgehead atoms. The van der Waals surface area contributed by atoms with Crippen molar-refractivity contribution in [3.63, 3.8) is 0 Å². The first-order valence-electron chi connectivity index (χ1n) is 11.1. The third kappa shape index (κ3) is 6.03. The Morgan fingerprint density at radius 1 is 1.31 bits per heavy atom. The minimum Gasteiger partial charge on any atom is -0.507 e. The third-order valence-corrected chi connectivity index (χ3v) is 7.04. The summed E-state index contributed by atoms with van der Waals surface area (Å²) in [4.78, 5) is 13.0. The lowest BCUT2D eigenvalue weighted by Crippen LogP contribution is -2.30. The van der Waals surface area contributed by atoms with E-state index in [1.54, 1.807) is 0 Å². The van der Waals surface area contributed by atoms with E-state index < -0.39 is 15.9 Å². The predicted octanol–water partition coefficient (Wildman–Crippen LogP) is 5.44. The number of phenols is 2. The van der Waals surface area contributed by atoms with Crippen molar-refractivity contribution in [2.75, 3.05) is 0 Å². The zero-order valence-electron chi connectivity index (χ0n) is 19.4. The van der Waals surface area contributed by atoms with Crippen LogP contribution in [0.3, 0.4) is 0 Å². The molecule has 32 heavy (non-hydrogen) atoms. The Hall–Kier alpha value is -2.54. The zero-order chi connectivity index (χ0) is 24.1. The summed E-state index contributed by atoms with van der Waals surface area (Å²) < 4.78 is 26.3. The molecule has 1 aliphatic rings. The Bertz CT molecular complexity index is 1040. The minimum atomic E-state index is -4.00. The number of phenolic OH excluding ortho intramolecular Hbond substituents is 2. The number of nitrogens with one attached hydrogen (secondary N) is 1. The largest absolute Gasteiger partial charge is 0.507 e. The van der Waals surface area contributed by atoms with E-state index in [0.717, 1.165) is 48.7 Å². The fourth-order valence-electron chi connectivity index (χ4n) is 4.37. The van der Waals surface area contributed by atoms with Gasteiger partial charge in [-0.15, -0.1) is 0 Å². The fourth-order valence-corrected chi connectivity index (χ4v) is 5.15. The molecule has 176 valence electrons. The maximum atomic E-state index is 13.0. The maximum Gasteiger partial charge on any atom is 0.269 e. The number of aryl methyl sites for hydroxylation is 1. The molecule has 0 aliphatic heterocycles. The molecule has 2 rings (SSSR count). The molecule has 0 saturated heterocycles. The van der Waals surface area contributed by atoms with Gasteiger partial charge in [-0.25, -0.2) is 13.1 Å². The number of amides is 1. The number of aromatic hydroxyl groups is 2. The highest BCUT2D eigenvalue weighted by Crippen LogP contribution is 2.48. The number of allylic oxidation sites excluding steroid dienone is 4. The molecule has 6 nitrogen and oxygen atoms in total. The molecule has 2 atom stereocenters. The van der Waals surface area contributed by atoms with Gasteiger partial charge in [-0.3, -0.25) is 4.79 Å². The van der Waals surface area contributed by atoms with E-state index >= 15 is 0 Å². The van der Waals surface area contributed by atoms with Crippen molar-refractivity contribution in [1.82, 2.24) is 4.72 Å². The summed E-state index contributed by atoms with van der Waals surface area (Å²) in [5, 5.41) is 23.1. The van der Waals surface area contributed by atoms with Gasteiger partial charge in [-0.1, -0.05) is 49.6 Å². The Morgan fingerprint density at radius 3 is 2.59 bits per heavy atom. The molecule has 0 radical (unpaired) electrons. The van der Waals surface area contributed by atoms with Gasteiger partial charge < -0.3 is 10.2 Å². The molecule has 1 aromatic carbocycles. The molecule has 1 amide bonds. The quantitative estimate of drug-likeness (QED) is 0.336. The van der Waals surface area contributed by atoms with Crippen molar-refractivity contribution < 1.29 is 23.4 Å². The standard InChI is InChI=1S/C25H35NO5S/c1-6-8-9-10-18-15-21(27)23(20-14-17(5)11-12-19(20)16(3)4)24(28)22(18)25(29)26-32(30,31)13-7-2/h7,13-15,19-20,27-28H,3,6,8-12H2,1-2,4-5H3,(H,26,29). The molecule has 3 N–H and O–H groups in total. The summed E-state index contributed by atoms with van der Waals surface area (Å²) in [7, 11) is -4.00. The van der Waals surface area contributed by atoms with Crippen LogP contribution < -0.4 is 4.72 Å². The lowest BCUT2D eigenvalue weighted by molar-refractivity contribution is 0.0978. The van der Waals surface area contributed by atoms with Crippen molar-refractivity contribution in [3.05, 3.63) is 58.0 Å². The minimum absolute atomic E-state index is 0.0101. The molecule has 7 heteroatoms. The van der Waals surface area contributed by atoms with Crippen LogP contribution in [0.4, 0.5) is 0 Å². The molecule has 1 aliphatic carbocycles. The second kappa shape index (κ2) is 10.9. The Morgan fingerprint density at radius 2 is 2.00 bits per heavy atom. The highest BCUT2D eigenvalue weighted by atomic mass is 32.2. The van der Waals surface area contributed by atoms with E-state index in [4.69, 9.17) is 0 Å². The number of carbonyl (C=O) groups is 1. The lowest BCUT2D eigenvalue weighted by atomic mass is 9.73. The maximum absolute atomic E-state index is 13.0. The Balaban J connectivity index is 2.67. The van der Waals surface area contributed by atoms with E-state index in [0.29, 0.717) is 12.0 Å². The summed E-state index contributed by atoms with van der Waals surface area (Å²) in [6.45, 7) is 11.6. The fraction of sp³-hybridized carbons (Fsp3) is 0.480. The number of hydrogen-bond donors (Lipinski definition) is 3. The second-order valence-electron chi connectivity index (χ2n) is 8.63. The van der Waals surface area contributed by atoms with Crippen molar-refractivity contribution in [2.24, 2.45) is 5.92 Å². The number of benzene rings is 1. The first-order valence-corrected chi connectivity index (χ1v) is 12.7. The average molecular weight is 462 g/mol. The van der Waals surface area contributed by atoms with Crippen LogP contribution in [-0.2, 0) is 16.4 Å². The van der Waals surface area contributed by atoms with Gasteiger partial charge in [0.1, 0.15) is 11.5 Å². The van der Waals surface area contributed by atoms with Gasteiger partial charge in [-0.05, 0) is 64.0 Å². The van der Waals surface area contributed by atoms with Crippen molar-refractivity contribution in [2.45, 2.75) is 72.1 Å². The van der Waals surface area contributed by atoms with Crippen molar-refractivity contribution in [1.29, 1.82) is 0 Å². The molecule has 0 heterocycles. The molecule has 0 saturated carbocycles. The zero-order valence-corrected chi connectivity index (χ0v) is 20.3. The predicted molar refractivity (Wildman–Crippen MR) is 128 cm³/mol. The SMILES string of the molecule is C=C(C)C1CCC(C)=CC1c1c(O)cc(CCCCC)c(C(=O)NS(=O)(=O)C=CC)c1O. The van der Waals surface area contributed by atoms with Gasteiger partial charge in [0.05, 0.1) is 5.56 Å². The normalized spacial score (nSPS) is 19.1. The second-order valence-corrected chi connectivity index (χ2v) is 10.2. The summed E-state index contributed by atoms with van der Waals surface area (Å²) in [6, 6.07) is 1.50.